The van der Waals surface area contributed by atoms with Crippen LogP contribution in [0.15, 0.2) is 36.4 Å². The summed E-state index contributed by atoms with van der Waals surface area (Å²) in [5, 5.41) is 20.3. The minimum absolute atomic E-state index is 0.225. The normalized spacial score (nSPS) is 10.5. The van der Waals surface area contributed by atoms with Gasteiger partial charge in [-0.15, -0.1) is 0 Å². The van der Waals surface area contributed by atoms with E-state index in [0.717, 1.165) is 17.7 Å². The molecule has 0 aliphatic heterocycles. The Kier molecular flexibility index (Phi) is 8.97. The van der Waals surface area contributed by atoms with Crippen LogP contribution < -0.4 is 14.4 Å². The molecule has 0 fully saturated rings. The molecule has 10 heteroatoms. The van der Waals surface area contributed by atoms with Crippen molar-refractivity contribution in [3.05, 3.63) is 47.5 Å². The largest absolute Gasteiger partial charge is 0.494 e. The zero-order valence-electron chi connectivity index (χ0n) is 16.2. The number of aromatic carboxylic acids is 1. The molecular weight excluding hydrogens is 445 g/mol. The Morgan fingerprint density at radius 2 is 1.79 bits per heavy atom. The third-order valence-electron chi connectivity index (χ3n) is 3.62. The number of ether oxygens (including phenoxy) is 1. The molecule has 0 atom stereocenters. The molecule has 0 unspecified atom stereocenters. The number of aryl methyl sites for hydroxylation is 1. The number of phenols is 1. The van der Waals surface area contributed by atoms with Crippen molar-refractivity contribution in [3.63, 3.8) is 0 Å². The first-order valence-electron chi connectivity index (χ1n) is 8.65. The summed E-state index contributed by atoms with van der Waals surface area (Å²) in [6, 6.07) is 8.65. The number of nitrogens with one attached hydrogen (secondary N) is 1. The molecule has 158 valence electrons. The molecule has 0 saturated heterocycles. The van der Waals surface area contributed by atoms with E-state index < -0.39 is 26.0 Å². The Morgan fingerprint density at radius 1 is 1.14 bits per heavy atom. The monoisotopic (exact) mass is 469 g/mol. The maximum Gasteiger partial charge on any atom is 0.335 e. The number of carbonyl (C=O) groups is 2. The SMILES string of the molecule is CC(=O)Nc1c(O)cccc1[As](=O)(O)O.CCOc1ccc(C(=O)O)cc1CC. The Bertz CT molecular complexity index is 922. The molecule has 0 saturated carbocycles. The molecule has 0 radical (unpaired) electrons. The number of aromatic hydroxyl groups is 1. The van der Waals surface area contributed by atoms with E-state index in [1.165, 1.54) is 25.1 Å². The van der Waals surface area contributed by atoms with Crippen LogP contribution in [-0.2, 0) is 15.0 Å². The smallest absolute Gasteiger partial charge is 0.335 e. The maximum absolute atomic E-state index is 11.1. The second kappa shape index (κ2) is 10.7. The Hall–Kier alpha value is -2.74. The van der Waals surface area contributed by atoms with Gasteiger partial charge in [-0.3, -0.25) is 0 Å². The van der Waals surface area contributed by atoms with Crippen molar-refractivity contribution < 1.29 is 36.5 Å². The molecule has 0 aliphatic rings. The quantitative estimate of drug-likeness (QED) is 0.313. The number of amides is 1. The van der Waals surface area contributed by atoms with Crippen LogP contribution >= 0.6 is 0 Å². The van der Waals surface area contributed by atoms with Gasteiger partial charge in [0.25, 0.3) is 0 Å². The summed E-state index contributed by atoms with van der Waals surface area (Å²) in [5.41, 5.74) is 1.02. The van der Waals surface area contributed by atoms with Gasteiger partial charge >= 0.3 is 94.1 Å². The van der Waals surface area contributed by atoms with Gasteiger partial charge in [-0.05, 0) is 37.1 Å². The van der Waals surface area contributed by atoms with Gasteiger partial charge in [0, 0.05) is 0 Å². The average molecular weight is 469 g/mol. The van der Waals surface area contributed by atoms with Crippen LogP contribution in [0.2, 0.25) is 0 Å². The van der Waals surface area contributed by atoms with Gasteiger partial charge in [0.1, 0.15) is 5.75 Å². The van der Waals surface area contributed by atoms with Crippen LogP contribution in [0.4, 0.5) is 5.69 Å². The second-order valence-electron chi connectivity index (χ2n) is 5.81. The van der Waals surface area contributed by atoms with E-state index >= 15 is 0 Å². The molecule has 2 aromatic rings. The summed E-state index contributed by atoms with van der Waals surface area (Å²) in [4.78, 5) is 21.5. The summed E-state index contributed by atoms with van der Waals surface area (Å²) >= 11 is -5.14. The first-order chi connectivity index (χ1) is 13.5. The predicted octanol–water partition coefficient (Wildman–Crippen LogP) is 1.26. The summed E-state index contributed by atoms with van der Waals surface area (Å²) < 4.78 is 34.1. The molecule has 0 heterocycles. The molecule has 2 aromatic carbocycles. The summed E-state index contributed by atoms with van der Waals surface area (Å²) in [5.74, 6) is -1.00. The van der Waals surface area contributed by atoms with Gasteiger partial charge < -0.3 is 9.84 Å². The molecule has 0 bridgehead atoms. The molecule has 0 spiro atoms. The average Bonchev–Trinajstić information content (AvgIpc) is 2.63. The summed E-state index contributed by atoms with van der Waals surface area (Å²) in [7, 11) is 0. The van der Waals surface area contributed by atoms with E-state index in [2.05, 4.69) is 5.32 Å². The van der Waals surface area contributed by atoms with Crippen LogP contribution in [0.25, 0.3) is 0 Å². The molecule has 29 heavy (non-hydrogen) atoms. The first kappa shape index (κ1) is 24.3. The number of carboxylic acid groups (broad SMARTS) is 1. The molecule has 0 aliphatic carbocycles. The fourth-order valence-electron chi connectivity index (χ4n) is 2.36. The third kappa shape index (κ3) is 7.30. The van der Waals surface area contributed by atoms with Gasteiger partial charge in [-0.2, -0.15) is 0 Å². The van der Waals surface area contributed by atoms with Crippen molar-refractivity contribution in [1.82, 2.24) is 0 Å². The number of hydrogen-bond acceptors (Lipinski definition) is 5. The van der Waals surface area contributed by atoms with E-state index in [-0.39, 0.29) is 15.8 Å². The van der Waals surface area contributed by atoms with E-state index in [9.17, 15) is 18.4 Å². The van der Waals surface area contributed by atoms with Crippen LogP contribution in [0.1, 0.15) is 36.7 Å². The zero-order valence-corrected chi connectivity index (χ0v) is 18.1. The van der Waals surface area contributed by atoms with E-state index in [4.69, 9.17) is 18.0 Å². The van der Waals surface area contributed by atoms with Crippen LogP contribution in [0, 0.1) is 0 Å². The molecule has 5 N–H and O–H groups in total. The van der Waals surface area contributed by atoms with Crippen molar-refractivity contribution in [2.45, 2.75) is 27.2 Å². The third-order valence-corrected chi connectivity index (χ3v) is 5.72. The first-order valence-corrected chi connectivity index (χ1v) is 12.0. The number of carbonyl (C=O) groups excluding carboxylic acids is 1. The molecule has 0 aromatic heterocycles. The van der Waals surface area contributed by atoms with Crippen LogP contribution in [0.3, 0.4) is 0 Å². The molecule has 2 rings (SSSR count). The van der Waals surface area contributed by atoms with Crippen molar-refractivity contribution in [1.29, 1.82) is 0 Å². The Morgan fingerprint density at radius 3 is 2.28 bits per heavy atom. The predicted molar refractivity (Wildman–Crippen MR) is 107 cm³/mol. The topological polar surface area (TPSA) is 153 Å². The van der Waals surface area contributed by atoms with Gasteiger partial charge in [0.05, 0.1) is 12.2 Å². The Labute approximate surface area is 171 Å². The minimum atomic E-state index is -5.14. The van der Waals surface area contributed by atoms with Gasteiger partial charge in [-0.1, -0.05) is 6.92 Å². The Balaban J connectivity index is 0.000000291. The number of phenolic OH excluding ortho intramolecular Hbond substituents is 1. The van der Waals surface area contributed by atoms with Crippen LogP contribution in [-0.4, -0.2) is 51.1 Å². The van der Waals surface area contributed by atoms with Gasteiger partial charge in [0.15, 0.2) is 0 Å². The van der Waals surface area contributed by atoms with Crippen molar-refractivity contribution in [3.8, 4) is 11.5 Å². The van der Waals surface area contributed by atoms with Gasteiger partial charge in [0.2, 0.25) is 0 Å². The van der Waals surface area contributed by atoms with E-state index in [0.29, 0.717) is 12.2 Å². The minimum Gasteiger partial charge on any atom is -0.494 e. The van der Waals surface area contributed by atoms with Crippen LogP contribution in [0.5, 0.6) is 11.5 Å². The fraction of sp³-hybridized carbons (Fsp3) is 0.263. The second-order valence-corrected chi connectivity index (χ2v) is 9.10. The number of anilines is 1. The van der Waals surface area contributed by atoms with Crippen molar-refractivity contribution in [2.24, 2.45) is 0 Å². The van der Waals surface area contributed by atoms with E-state index in [1.54, 1.807) is 18.2 Å². The maximum atomic E-state index is 11.1. The number of benzene rings is 2. The van der Waals surface area contributed by atoms with E-state index in [1.807, 2.05) is 13.8 Å². The summed E-state index contributed by atoms with van der Waals surface area (Å²) in [6.07, 6.45) is 0.774. The number of carboxylic acids is 1. The zero-order chi connectivity index (χ0) is 22.2. The summed E-state index contributed by atoms with van der Waals surface area (Å²) in [6.45, 7) is 5.66. The molecule has 1 amide bonds. The van der Waals surface area contributed by atoms with Gasteiger partial charge in [-0.25, -0.2) is 4.79 Å². The number of rotatable bonds is 6. The number of hydrogen-bond donors (Lipinski definition) is 5. The van der Waals surface area contributed by atoms with Crippen molar-refractivity contribution >= 4 is 36.1 Å². The molecular formula is C19H24AsNO8. The standard InChI is InChI=1S/C11H14O3.C8H10AsNO5/c1-3-8-7-9(11(12)13)5-6-10(8)14-4-2;1-5(11)10-8-6(9(13,14)15)3-2-4-7(8)12/h5-7H,3-4H2,1-2H3,(H,12,13);2-4,12H,1H3,(H,10,11)(H2,13,14,15). The molecule has 9 nitrogen and oxygen atoms in total. The van der Waals surface area contributed by atoms with Crippen molar-refractivity contribution in [2.75, 3.05) is 11.9 Å². The fourth-order valence-corrected chi connectivity index (χ4v) is 3.92. The number of para-hydroxylation sites is 1.